The Morgan fingerprint density at radius 3 is 1.00 bits per heavy atom. The molecule has 0 nitrogen and oxygen atoms in total. The number of hydrogen-bond donors (Lipinski definition) is 0. The summed E-state index contributed by atoms with van der Waals surface area (Å²) in [6, 6.07) is 0. The van der Waals surface area contributed by atoms with E-state index in [4.69, 9.17) is 0 Å². The normalized spacial score (nSPS) is 0. The molecule has 0 saturated carbocycles. The Kier molecular flexibility index (Phi) is 126. The molecule has 0 saturated heterocycles. The zero-order valence-electron chi connectivity index (χ0n) is 0.966. The van der Waals surface area contributed by atoms with E-state index in [2.05, 4.69) is 0 Å². The molecule has 0 bridgehead atoms. The van der Waals surface area contributed by atoms with E-state index in [-0.39, 0.29) is 84.9 Å². The molecule has 0 aliphatic carbocycles. The van der Waals surface area contributed by atoms with E-state index in [9.17, 15) is 0 Å². The van der Waals surface area contributed by atoms with Crippen LogP contribution in [0.4, 0.5) is 0 Å². The Hall–Kier alpha value is 2.77. The molecule has 1 radical (unpaired) electrons. The molecular formula is H4PdPtRhSn. The van der Waals surface area contributed by atoms with Crippen molar-refractivity contribution in [1.29, 1.82) is 0 Å². The Morgan fingerprint density at radius 1 is 1.00 bits per heavy atom. The van der Waals surface area contributed by atoms with Crippen LogP contribution in [0.1, 0.15) is 0 Å². The quantitative estimate of drug-likeness (QED) is 0.339. The van der Waals surface area contributed by atoms with Gasteiger partial charge in [0.05, 0.1) is 0 Å². The predicted octanol–water partition coefficient (Wildman–Crippen LogP) is -1.46. The molecule has 0 rings (SSSR count). The minimum absolute atomic E-state index is 0. The summed E-state index contributed by atoms with van der Waals surface area (Å²) >= 11 is 0. The van der Waals surface area contributed by atoms with Gasteiger partial charge < -0.3 is 0 Å². The van der Waals surface area contributed by atoms with Crippen LogP contribution in [0, 0.1) is 0 Å². The second-order valence-electron chi connectivity index (χ2n) is 0. The third kappa shape index (κ3) is 8.84. The van der Waals surface area contributed by atoms with Crippen molar-refractivity contribution in [2.45, 2.75) is 0 Å². The average molecular weight is 527 g/mol. The molecule has 0 aromatic carbocycles. The first-order chi connectivity index (χ1) is 0. The molecule has 4 heavy (non-hydrogen) atoms. The first-order valence-electron chi connectivity index (χ1n) is 0. The Bertz CT molecular complexity index is 8.00. The van der Waals surface area contributed by atoms with Crippen LogP contribution in [0.3, 0.4) is 0 Å². The summed E-state index contributed by atoms with van der Waals surface area (Å²) < 4.78 is 0. The number of rotatable bonds is 0. The van der Waals surface area contributed by atoms with Gasteiger partial charge in [-0.2, -0.15) is 0 Å². The molecule has 0 N–H and O–H groups in total. The van der Waals surface area contributed by atoms with Gasteiger partial charge in [-0.3, -0.25) is 0 Å². The van der Waals surface area contributed by atoms with Crippen LogP contribution in [0.5, 0.6) is 0 Å². The molecule has 0 atom stereocenters. The monoisotopic (exact) mass is 528 g/mol. The molecule has 0 spiro atoms. The maximum atomic E-state index is 0. The van der Waals surface area contributed by atoms with Crippen molar-refractivity contribution >= 4 is 23.9 Å². The second kappa shape index (κ2) is 17.1. The standard InChI is InChI=1S/Pd.Pt.Rh.Sn.4H. The summed E-state index contributed by atoms with van der Waals surface area (Å²) in [5, 5.41) is 0. The van der Waals surface area contributed by atoms with Gasteiger partial charge in [-0.15, -0.1) is 0 Å². The van der Waals surface area contributed by atoms with Crippen LogP contribution in [-0.2, 0) is 61.0 Å². The van der Waals surface area contributed by atoms with Gasteiger partial charge in [-0.25, -0.2) is 0 Å². The fraction of sp³-hybridized carbons (Fsp3) is 0. The van der Waals surface area contributed by atoms with E-state index in [1.807, 2.05) is 0 Å². The summed E-state index contributed by atoms with van der Waals surface area (Å²) in [6.07, 6.45) is 0. The molecular weight excluding hydrogens is 523 g/mol. The third-order valence-corrected chi connectivity index (χ3v) is 0. The van der Waals surface area contributed by atoms with Crippen molar-refractivity contribution in [1.82, 2.24) is 0 Å². The van der Waals surface area contributed by atoms with Gasteiger partial charge in [-0.1, -0.05) is 0 Å². The first-order valence-corrected chi connectivity index (χ1v) is 0. The van der Waals surface area contributed by atoms with Crippen molar-refractivity contribution in [3.8, 4) is 0 Å². The molecule has 0 amide bonds. The third-order valence-electron chi connectivity index (χ3n) is 0. The fourth-order valence-corrected chi connectivity index (χ4v) is 0. The van der Waals surface area contributed by atoms with Crippen LogP contribution in [0.25, 0.3) is 0 Å². The van der Waals surface area contributed by atoms with Crippen molar-refractivity contribution in [2.75, 3.05) is 0 Å². The summed E-state index contributed by atoms with van der Waals surface area (Å²) in [5.41, 5.74) is 0. The van der Waals surface area contributed by atoms with Crippen LogP contribution in [0.2, 0.25) is 0 Å². The zero-order chi connectivity index (χ0) is 0. The van der Waals surface area contributed by atoms with Crippen molar-refractivity contribution in [3.63, 3.8) is 0 Å². The SMILES string of the molecule is [Pd].[Pt].[Rh].[SnH4]. The van der Waals surface area contributed by atoms with Gasteiger partial charge >= 0.3 is 23.9 Å². The van der Waals surface area contributed by atoms with Crippen LogP contribution < -0.4 is 0 Å². The van der Waals surface area contributed by atoms with Crippen LogP contribution >= 0.6 is 0 Å². The Morgan fingerprint density at radius 2 is 1.00 bits per heavy atom. The average Bonchev–Trinajstić information content (AvgIpc) is 0. The van der Waals surface area contributed by atoms with Gasteiger partial charge in [-0.05, 0) is 0 Å². The van der Waals surface area contributed by atoms with Gasteiger partial charge in [0.2, 0.25) is 0 Å². The maximum absolute atomic E-state index is 0. The molecule has 0 heterocycles. The zero-order valence-corrected chi connectivity index (χ0v) is 6.43. The summed E-state index contributed by atoms with van der Waals surface area (Å²) in [5.74, 6) is 0. The second-order valence-corrected chi connectivity index (χ2v) is 0. The van der Waals surface area contributed by atoms with Gasteiger partial charge in [0.25, 0.3) is 0 Å². The van der Waals surface area contributed by atoms with Crippen molar-refractivity contribution in [3.05, 3.63) is 0 Å². The van der Waals surface area contributed by atoms with E-state index >= 15 is 0 Å². The molecule has 0 unspecified atom stereocenters. The summed E-state index contributed by atoms with van der Waals surface area (Å²) in [6.45, 7) is 0. The molecule has 0 aliphatic rings. The summed E-state index contributed by atoms with van der Waals surface area (Å²) in [4.78, 5) is 0. The predicted molar refractivity (Wildman–Crippen MR) is 11.3 cm³/mol. The van der Waals surface area contributed by atoms with Gasteiger partial charge in [0.1, 0.15) is 0 Å². The van der Waals surface area contributed by atoms with Crippen molar-refractivity contribution < 1.29 is 61.0 Å². The van der Waals surface area contributed by atoms with Crippen LogP contribution in [0.15, 0.2) is 0 Å². The van der Waals surface area contributed by atoms with Gasteiger partial charge in [0, 0.05) is 61.0 Å². The summed E-state index contributed by atoms with van der Waals surface area (Å²) in [7, 11) is 0. The molecule has 0 aromatic rings. The van der Waals surface area contributed by atoms with E-state index in [0.717, 1.165) is 0 Å². The topological polar surface area (TPSA) is 0 Å². The van der Waals surface area contributed by atoms with Crippen LogP contribution in [-0.4, -0.2) is 23.9 Å². The van der Waals surface area contributed by atoms with E-state index < -0.39 is 0 Å². The molecule has 37 valence electrons. The molecule has 0 aliphatic heterocycles. The first kappa shape index (κ1) is 29.4. The molecule has 4 heteroatoms. The Balaban J connectivity index is 0. The number of hydrogen-bond acceptors (Lipinski definition) is 0. The van der Waals surface area contributed by atoms with E-state index in [1.54, 1.807) is 0 Å². The molecule has 0 aromatic heterocycles. The van der Waals surface area contributed by atoms with Gasteiger partial charge in [0.15, 0.2) is 0 Å². The molecule has 0 fully saturated rings. The van der Waals surface area contributed by atoms with E-state index in [1.165, 1.54) is 0 Å². The van der Waals surface area contributed by atoms with E-state index in [0.29, 0.717) is 0 Å². The fourth-order valence-electron chi connectivity index (χ4n) is 0. The Labute approximate surface area is 83.5 Å². The van der Waals surface area contributed by atoms with Crippen molar-refractivity contribution in [2.24, 2.45) is 0 Å². The minimum atomic E-state index is 0.